The molecule has 0 atom stereocenters. The smallest absolute Gasteiger partial charge is 0.263 e. The van der Waals surface area contributed by atoms with Crippen molar-refractivity contribution in [3.05, 3.63) is 59.2 Å². The van der Waals surface area contributed by atoms with Gasteiger partial charge in [-0.2, -0.15) is 5.21 Å². The molecule has 0 aliphatic carbocycles. The number of aryl methyl sites for hydroxylation is 1. The van der Waals surface area contributed by atoms with Crippen molar-refractivity contribution in [1.29, 1.82) is 0 Å². The van der Waals surface area contributed by atoms with Crippen molar-refractivity contribution in [2.75, 3.05) is 11.9 Å². The highest BCUT2D eigenvalue weighted by Gasteiger charge is 2.08. The molecule has 2 aromatic carbocycles. The molecule has 0 spiro atoms. The first kappa shape index (κ1) is 16.8. The summed E-state index contributed by atoms with van der Waals surface area (Å²) in [6.45, 7) is 5.68. The summed E-state index contributed by atoms with van der Waals surface area (Å²) in [5, 5.41) is 16.7. The largest absolute Gasteiger partial charge is 0.490 e. The topological polar surface area (TPSA) is 85.0 Å². The molecule has 0 unspecified atom stereocenters. The van der Waals surface area contributed by atoms with Crippen LogP contribution in [0, 0.1) is 6.92 Å². The Morgan fingerprint density at radius 2 is 1.96 bits per heavy atom. The number of ether oxygens (including phenoxy) is 2. The lowest BCUT2D eigenvalue weighted by molar-refractivity contribution is 0.268. The van der Waals surface area contributed by atoms with Crippen molar-refractivity contribution >= 4 is 5.95 Å². The van der Waals surface area contributed by atoms with Gasteiger partial charge in [0, 0.05) is 6.54 Å². The molecule has 3 rings (SSSR count). The lowest BCUT2D eigenvalue weighted by Crippen LogP contribution is -2.04. The van der Waals surface area contributed by atoms with E-state index in [9.17, 15) is 0 Å². The summed E-state index contributed by atoms with van der Waals surface area (Å²) in [5.41, 5.74) is 3.41. The Bertz CT molecular complexity index is 805. The molecule has 0 saturated carbocycles. The molecule has 0 bridgehead atoms. The van der Waals surface area contributed by atoms with Crippen LogP contribution in [-0.4, -0.2) is 27.2 Å². The lowest BCUT2D eigenvalue weighted by atomic mass is 10.1. The van der Waals surface area contributed by atoms with E-state index in [-0.39, 0.29) is 0 Å². The molecule has 0 amide bonds. The Morgan fingerprint density at radius 3 is 2.72 bits per heavy atom. The van der Waals surface area contributed by atoms with E-state index >= 15 is 0 Å². The first-order valence-electron chi connectivity index (χ1n) is 8.16. The number of tetrazole rings is 1. The third-order valence-electron chi connectivity index (χ3n) is 3.75. The summed E-state index contributed by atoms with van der Waals surface area (Å²) in [7, 11) is 0. The maximum Gasteiger partial charge on any atom is 0.263 e. The van der Waals surface area contributed by atoms with Crippen LogP contribution >= 0.6 is 0 Å². The second-order valence-corrected chi connectivity index (χ2v) is 5.52. The van der Waals surface area contributed by atoms with E-state index in [1.807, 2.05) is 37.3 Å². The van der Waals surface area contributed by atoms with Crippen molar-refractivity contribution in [1.82, 2.24) is 20.6 Å². The maximum atomic E-state index is 5.98. The van der Waals surface area contributed by atoms with Gasteiger partial charge in [-0.3, -0.25) is 0 Å². The highest BCUT2D eigenvalue weighted by Crippen LogP contribution is 2.29. The van der Waals surface area contributed by atoms with E-state index in [1.54, 1.807) is 0 Å². The average molecular weight is 339 g/mol. The van der Waals surface area contributed by atoms with Gasteiger partial charge >= 0.3 is 0 Å². The zero-order valence-corrected chi connectivity index (χ0v) is 14.3. The second kappa shape index (κ2) is 8.14. The van der Waals surface area contributed by atoms with Gasteiger partial charge in [-0.25, -0.2) is 0 Å². The number of aromatic amines is 1. The molecular formula is C18H21N5O2. The summed E-state index contributed by atoms with van der Waals surface area (Å²) in [6, 6.07) is 14.1. The predicted molar refractivity (Wildman–Crippen MR) is 94.6 cm³/mol. The first-order valence-corrected chi connectivity index (χ1v) is 8.16. The third-order valence-corrected chi connectivity index (χ3v) is 3.75. The van der Waals surface area contributed by atoms with Crippen LogP contribution in [0.3, 0.4) is 0 Å². The molecule has 0 aliphatic heterocycles. The van der Waals surface area contributed by atoms with Gasteiger partial charge in [0.05, 0.1) is 6.61 Å². The summed E-state index contributed by atoms with van der Waals surface area (Å²) >= 11 is 0. The van der Waals surface area contributed by atoms with Gasteiger partial charge in [0.1, 0.15) is 6.61 Å². The highest BCUT2D eigenvalue weighted by molar-refractivity contribution is 5.44. The van der Waals surface area contributed by atoms with Gasteiger partial charge in [-0.15, -0.1) is 5.10 Å². The first-order chi connectivity index (χ1) is 12.3. The van der Waals surface area contributed by atoms with Crippen LogP contribution in [0.4, 0.5) is 5.95 Å². The Balaban J connectivity index is 1.69. The molecule has 0 aliphatic rings. The number of H-pyrrole nitrogens is 1. The fourth-order valence-electron chi connectivity index (χ4n) is 2.40. The van der Waals surface area contributed by atoms with Crippen LogP contribution in [0.25, 0.3) is 0 Å². The number of hydrogen-bond acceptors (Lipinski definition) is 6. The van der Waals surface area contributed by atoms with Crippen molar-refractivity contribution in [3.8, 4) is 11.5 Å². The molecule has 7 heteroatoms. The summed E-state index contributed by atoms with van der Waals surface area (Å²) in [5.74, 6) is 1.91. The van der Waals surface area contributed by atoms with Crippen molar-refractivity contribution in [2.24, 2.45) is 0 Å². The van der Waals surface area contributed by atoms with E-state index in [0.29, 0.717) is 25.7 Å². The van der Waals surface area contributed by atoms with Gasteiger partial charge in [-0.05, 0) is 47.9 Å². The van der Waals surface area contributed by atoms with Crippen molar-refractivity contribution < 1.29 is 9.47 Å². The van der Waals surface area contributed by atoms with Crippen LogP contribution in [-0.2, 0) is 13.2 Å². The Kier molecular flexibility index (Phi) is 5.46. The lowest BCUT2D eigenvalue weighted by Gasteiger charge is -2.14. The maximum absolute atomic E-state index is 5.98. The predicted octanol–water partition coefficient (Wildman–Crippen LogP) is 3.10. The van der Waals surface area contributed by atoms with Crippen molar-refractivity contribution in [3.63, 3.8) is 0 Å². The Morgan fingerprint density at radius 1 is 1.08 bits per heavy atom. The molecule has 1 aromatic heterocycles. The summed E-state index contributed by atoms with van der Waals surface area (Å²) < 4.78 is 11.7. The van der Waals surface area contributed by atoms with Crippen LogP contribution < -0.4 is 14.8 Å². The second-order valence-electron chi connectivity index (χ2n) is 5.52. The Labute approximate surface area is 146 Å². The highest BCUT2D eigenvalue weighted by atomic mass is 16.5. The van der Waals surface area contributed by atoms with Crippen LogP contribution in [0.2, 0.25) is 0 Å². The van der Waals surface area contributed by atoms with E-state index in [2.05, 4.69) is 45.0 Å². The molecule has 1 heterocycles. The molecule has 130 valence electrons. The van der Waals surface area contributed by atoms with Crippen LogP contribution in [0.5, 0.6) is 11.5 Å². The molecular weight excluding hydrogens is 318 g/mol. The van der Waals surface area contributed by atoms with Gasteiger partial charge in [0.25, 0.3) is 5.95 Å². The fourth-order valence-corrected chi connectivity index (χ4v) is 2.40. The zero-order chi connectivity index (χ0) is 17.5. The SMILES string of the molecule is CCOc1cc(CNc2nn[nH]n2)ccc1OCc1ccccc1C. The number of anilines is 1. The van der Waals surface area contributed by atoms with Gasteiger partial charge in [-0.1, -0.05) is 35.4 Å². The van der Waals surface area contributed by atoms with Crippen LogP contribution in [0.1, 0.15) is 23.6 Å². The van der Waals surface area contributed by atoms with Crippen molar-refractivity contribution in [2.45, 2.75) is 27.0 Å². The van der Waals surface area contributed by atoms with Gasteiger partial charge in [0.2, 0.25) is 0 Å². The van der Waals surface area contributed by atoms with E-state index in [4.69, 9.17) is 9.47 Å². The fraction of sp³-hybridized carbons (Fsp3) is 0.278. The van der Waals surface area contributed by atoms with E-state index < -0.39 is 0 Å². The standard InChI is InChI=1S/C18H21N5O2/c1-3-24-17-10-14(11-19-18-20-22-23-21-18)8-9-16(17)25-12-15-7-5-4-6-13(15)2/h4-10H,3,11-12H2,1-2H3,(H2,19,20,21,22,23). The molecule has 0 radical (unpaired) electrons. The monoisotopic (exact) mass is 339 g/mol. The Hall–Kier alpha value is -3.09. The third kappa shape index (κ3) is 4.47. The molecule has 3 aromatic rings. The summed E-state index contributed by atoms with van der Waals surface area (Å²) in [4.78, 5) is 0. The quantitative estimate of drug-likeness (QED) is 0.656. The normalized spacial score (nSPS) is 10.5. The molecule has 25 heavy (non-hydrogen) atoms. The minimum atomic E-state index is 0.456. The minimum Gasteiger partial charge on any atom is -0.490 e. The molecule has 0 fully saturated rings. The van der Waals surface area contributed by atoms with E-state index in [0.717, 1.165) is 22.6 Å². The van der Waals surface area contributed by atoms with Gasteiger partial charge in [0.15, 0.2) is 11.5 Å². The number of rotatable bonds is 8. The zero-order valence-electron chi connectivity index (χ0n) is 14.3. The average Bonchev–Trinajstić information content (AvgIpc) is 3.14. The van der Waals surface area contributed by atoms with E-state index in [1.165, 1.54) is 5.56 Å². The number of benzene rings is 2. The number of hydrogen-bond donors (Lipinski definition) is 2. The number of aromatic nitrogens is 4. The van der Waals surface area contributed by atoms with Crippen LogP contribution in [0.15, 0.2) is 42.5 Å². The molecule has 0 saturated heterocycles. The van der Waals surface area contributed by atoms with Gasteiger partial charge < -0.3 is 14.8 Å². The number of nitrogens with one attached hydrogen (secondary N) is 2. The molecule has 7 nitrogen and oxygen atoms in total. The summed E-state index contributed by atoms with van der Waals surface area (Å²) in [6.07, 6.45) is 0. The molecule has 2 N–H and O–H groups in total. The number of nitrogens with zero attached hydrogens (tertiary/aromatic N) is 3. The minimum absolute atomic E-state index is 0.456.